The number of non-ortho nitro benzene ring substituents is 1. The number of aromatic nitrogens is 1. The molecular formula is C18H11ClN2O3S. The summed E-state index contributed by atoms with van der Waals surface area (Å²) in [7, 11) is 0. The highest BCUT2D eigenvalue weighted by Crippen LogP contribution is 2.25. The zero-order valence-electron chi connectivity index (χ0n) is 12.8. The van der Waals surface area contributed by atoms with Gasteiger partial charge in [0.05, 0.1) is 10.6 Å². The molecule has 0 saturated heterocycles. The number of hydrogen-bond donors (Lipinski definition) is 0. The molecule has 0 aliphatic rings. The van der Waals surface area contributed by atoms with Crippen LogP contribution in [-0.2, 0) is 0 Å². The predicted molar refractivity (Wildman–Crippen MR) is 99.0 cm³/mol. The minimum Gasteiger partial charge on any atom is -0.289 e. The van der Waals surface area contributed by atoms with Crippen LogP contribution >= 0.6 is 22.9 Å². The highest BCUT2D eigenvalue weighted by Gasteiger charge is 2.08. The highest BCUT2D eigenvalue weighted by atomic mass is 35.5. The fourth-order valence-corrected chi connectivity index (χ4v) is 3.01. The number of ketones is 1. The summed E-state index contributed by atoms with van der Waals surface area (Å²) in [4.78, 5) is 26.7. The molecule has 0 unspecified atom stereocenters. The number of rotatable bonds is 5. The van der Waals surface area contributed by atoms with Crippen LogP contribution in [0, 0.1) is 10.1 Å². The lowest BCUT2D eigenvalue weighted by atomic mass is 10.1. The third kappa shape index (κ3) is 4.17. The van der Waals surface area contributed by atoms with Crippen molar-refractivity contribution in [2.75, 3.05) is 0 Å². The highest BCUT2D eigenvalue weighted by molar-refractivity contribution is 7.13. The average Bonchev–Trinajstić information content (AvgIpc) is 3.09. The Kier molecular flexibility index (Phi) is 5.02. The summed E-state index contributed by atoms with van der Waals surface area (Å²) in [6.07, 6.45) is 3.03. The molecule has 7 heteroatoms. The van der Waals surface area contributed by atoms with E-state index in [1.54, 1.807) is 18.2 Å². The molecule has 25 heavy (non-hydrogen) atoms. The van der Waals surface area contributed by atoms with E-state index in [2.05, 4.69) is 4.98 Å². The number of carbonyl (C=O) groups is 1. The first-order valence-electron chi connectivity index (χ1n) is 7.21. The van der Waals surface area contributed by atoms with Crippen LogP contribution in [0.25, 0.3) is 16.6 Å². The van der Waals surface area contributed by atoms with Crippen molar-refractivity contribution in [2.24, 2.45) is 0 Å². The summed E-state index contributed by atoms with van der Waals surface area (Å²) >= 11 is 7.34. The van der Waals surface area contributed by atoms with Crippen LogP contribution in [0.1, 0.15) is 16.1 Å². The second-order valence-corrected chi connectivity index (χ2v) is 6.38. The van der Waals surface area contributed by atoms with Gasteiger partial charge < -0.3 is 0 Å². The molecule has 0 atom stereocenters. The van der Waals surface area contributed by atoms with Gasteiger partial charge in [0.2, 0.25) is 0 Å². The van der Waals surface area contributed by atoms with Gasteiger partial charge in [0.1, 0.15) is 5.01 Å². The van der Waals surface area contributed by atoms with Gasteiger partial charge in [-0.05, 0) is 36.4 Å². The van der Waals surface area contributed by atoms with E-state index >= 15 is 0 Å². The predicted octanol–water partition coefficient (Wildman–Crippen LogP) is 5.27. The minimum atomic E-state index is -0.502. The maximum Gasteiger partial charge on any atom is 0.269 e. The molecule has 5 nitrogen and oxygen atoms in total. The Bertz CT molecular complexity index is 947. The lowest BCUT2D eigenvalue weighted by molar-refractivity contribution is -0.384. The van der Waals surface area contributed by atoms with Crippen molar-refractivity contribution in [1.82, 2.24) is 4.98 Å². The zero-order valence-corrected chi connectivity index (χ0v) is 14.3. The molecule has 124 valence electrons. The Morgan fingerprint density at radius 2 is 1.80 bits per heavy atom. The van der Waals surface area contributed by atoms with Gasteiger partial charge in [0.25, 0.3) is 5.69 Å². The van der Waals surface area contributed by atoms with Gasteiger partial charge in [-0.3, -0.25) is 14.9 Å². The molecule has 2 aromatic carbocycles. The summed E-state index contributed by atoms with van der Waals surface area (Å²) in [5.41, 5.74) is 1.96. The van der Waals surface area contributed by atoms with Crippen LogP contribution in [0.3, 0.4) is 0 Å². The Morgan fingerprint density at radius 3 is 2.44 bits per heavy atom. The van der Waals surface area contributed by atoms with Crippen LogP contribution in [-0.4, -0.2) is 15.7 Å². The molecule has 3 rings (SSSR count). The topological polar surface area (TPSA) is 73.1 Å². The normalized spacial score (nSPS) is 10.9. The van der Waals surface area contributed by atoms with Gasteiger partial charge in [0, 0.05) is 33.7 Å². The number of nitro benzene ring substituents is 1. The molecule has 0 N–H and O–H groups in total. The standard InChI is InChI=1S/C18H11ClN2O3S/c19-14-5-1-13(2-6-14)18-20-15(11-25-18)7-10-17(22)12-3-8-16(9-4-12)21(23)24/h1-11H/b10-7+. The molecule has 0 saturated carbocycles. The number of halogens is 1. The number of benzene rings is 2. The van der Waals surface area contributed by atoms with Gasteiger partial charge in [-0.1, -0.05) is 23.7 Å². The number of nitro groups is 1. The first-order valence-corrected chi connectivity index (χ1v) is 8.47. The van der Waals surface area contributed by atoms with E-state index in [0.717, 1.165) is 10.6 Å². The Labute approximate surface area is 152 Å². The maximum atomic E-state index is 12.1. The van der Waals surface area contributed by atoms with E-state index in [-0.39, 0.29) is 11.5 Å². The third-order valence-corrected chi connectivity index (χ3v) is 4.54. The maximum absolute atomic E-state index is 12.1. The first kappa shape index (κ1) is 17.0. The Hall–Kier alpha value is -2.83. The number of carbonyl (C=O) groups excluding carboxylic acids is 1. The van der Waals surface area contributed by atoms with Crippen LogP contribution in [0.2, 0.25) is 5.02 Å². The van der Waals surface area contributed by atoms with Gasteiger partial charge in [0.15, 0.2) is 5.78 Å². The average molecular weight is 371 g/mol. The minimum absolute atomic E-state index is 0.0485. The van der Waals surface area contributed by atoms with Crippen molar-refractivity contribution in [3.63, 3.8) is 0 Å². The second kappa shape index (κ2) is 7.38. The Balaban J connectivity index is 1.72. The van der Waals surface area contributed by atoms with Crippen molar-refractivity contribution >= 4 is 40.5 Å². The summed E-state index contributed by atoms with van der Waals surface area (Å²) < 4.78 is 0. The molecule has 0 bridgehead atoms. The van der Waals surface area contributed by atoms with Crippen molar-refractivity contribution in [3.8, 4) is 10.6 Å². The molecule has 1 heterocycles. The smallest absolute Gasteiger partial charge is 0.269 e. The van der Waals surface area contributed by atoms with Gasteiger partial charge >= 0.3 is 0 Å². The quantitative estimate of drug-likeness (QED) is 0.265. The third-order valence-electron chi connectivity index (χ3n) is 3.38. The van der Waals surface area contributed by atoms with E-state index in [1.165, 1.54) is 41.7 Å². The van der Waals surface area contributed by atoms with E-state index < -0.39 is 4.92 Å². The van der Waals surface area contributed by atoms with Crippen LogP contribution < -0.4 is 0 Å². The molecular weight excluding hydrogens is 360 g/mol. The Morgan fingerprint density at radius 1 is 1.12 bits per heavy atom. The molecule has 0 spiro atoms. The summed E-state index contributed by atoms with van der Waals surface area (Å²) in [5, 5.41) is 14.0. The van der Waals surface area contributed by atoms with Crippen molar-refractivity contribution < 1.29 is 9.72 Å². The summed E-state index contributed by atoms with van der Waals surface area (Å²) in [6.45, 7) is 0. The number of hydrogen-bond acceptors (Lipinski definition) is 5. The van der Waals surface area contributed by atoms with E-state index in [0.29, 0.717) is 16.3 Å². The fourth-order valence-electron chi connectivity index (χ4n) is 2.09. The summed E-state index contributed by atoms with van der Waals surface area (Å²) in [5.74, 6) is -0.240. The van der Waals surface area contributed by atoms with Gasteiger partial charge in [-0.2, -0.15) is 0 Å². The number of nitrogens with zero attached hydrogens (tertiary/aromatic N) is 2. The van der Waals surface area contributed by atoms with Crippen LogP contribution in [0.4, 0.5) is 5.69 Å². The van der Waals surface area contributed by atoms with Crippen LogP contribution in [0.15, 0.2) is 60.0 Å². The fraction of sp³-hybridized carbons (Fsp3) is 0. The van der Waals surface area contributed by atoms with Crippen molar-refractivity contribution in [1.29, 1.82) is 0 Å². The molecule has 1 aromatic heterocycles. The number of thiazole rings is 1. The van der Waals surface area contributed by atoms with Crippen molar-refractivity contribution in [3.05, 3.63) is 86.4 Å². The zero-order chi connectivity index (χ0) is 17.8. The molecule has 0 fully saturated rings. The molecule has 0 aliphatic heterocycles. The second-order valence-electron chi connectivity index (χ2n) is 5.09. The first-order chi connectivity index (χ1) is 12.0. The van der Waals surface area contributed by atoms with E-state index in [4.69, 9.17) is 11.6 Å². The molecule has 0 radical (unpaired) electrons. The largest absolute Gasteiger partial charge is 0.289 e. The van der Waals surface area contributed by atoms with E-state index in [1.807, 2.05) is 17.5 Å². The molecule has 0 amide bonds. The van der Waals surface area contributed by atoms with E-state index in [9.17, 15) is 14.9 Å². The van der Waals surface area contributed by atoms with Gasteiger partial charge in [-0.15, -0.1) is 11.3 Å². The van der Waals surface area contributed by atoms with Gasteiger partial charge in [-0.25, -0.2) is 4.98 Å². The lowest BCUT2D eigenvalue weighted by Gasteiger charge is -1.96. The molecule has 0 aliphatic carbocycles. The van der Waals surface area contributed by atoms with Crippen LogP contribution in [0.5, 0.6) is 0 Å². The SMILES string of the molecule is O=C(/C=C/c1csc(-c2ccc(Cl)cc2)n1)c1ccc([N+](=O)[O-])cc1. The van der Waals surface area contributed by atoms with Crippen molar-refractivity contribution in [2.45, 2.75) is 0 Å². The lowest BCUT2D eigenvalue weighted by Crippen LogP contribution is -1.95. The molecule has 3 aromatic rings. The monoisotopic (exact) mass is 370 g/mol. The summed E-state index contributed by atoms with van der Waals surface area (Å²) in [6, 6.07) is 12.9. The number of allylic oxidation sites excluding steroid dienone is 1.